The first-order valence-electron chi connectivity index (χ1n) is 9.80. The molecule has 0 spiro atoms. The first-order chi connectivity index (χ1) is 11.6. The van der Waals surface area contributed by atoms with Gasteiger partial charge in [0.25, 0.3) is 0 Å². The fraction of sp³-hybridized carbons (Fsp3) is 0.727. The number of hydrogen-bond acceptors (Lipinski definition) is 3. The molecule has 0 aliphatic heterocycles. The molecule has 3 nitrogen and oxygen atoms in total. The van der Waals surface area contributed by atoms with Crippen molar-refractivity contribution in [1.82, 2.24) is 0 Å². The predicted molar refractivity (Wildman–Crippen MR) is 101 cm³/mol. The number of ether oxygens (including phenoxy) is 1. The standard InChI is InChI=1S/C22H33NO2/c1-20(2)16-6-8-22(4)17(21(16,3)9-7-18(20)23)11-13-10-14(25-5)12-15(24)19(13)22/h10,12,16-18,24H,6-9,11,23H2,1-5H3/t16-,17+,18-,21-,22+/m1/s1. The Morgan fingerprint density at radius 3 is 2.48 bits per heavy atom. The molecule has 4 rings (SSSR count). The number of aromatic hydroxyl groups is 1. The van der Waals surface area contributed by atoms with E-state index in [1.165, 1.54) is 24.0 Å². The monoisotopic (exact) mass is 343 g/mol. The van der Waals surface area contributed by atoms with Crippen molar-refractivity contribution in [3.8, 4) is 11.5 Å². The summed E-state index contributed by atoms with van der Waals surface area (Å²) >= 11 is 0. The van der Waals surface area contributed by atoms with Gasteiger partial charge >= 0.3 is 0 Å². The van der Waals surface area contributed by atoms with Crippen LogP contribution in [0.4, 0.5) is 0 Å². The normalized spacial score (nSPS) is 41.6. The number of nitrogens with two attached hydrogens (primary N) is 1. The highest BCUT2D eigenvalue weighted by Crippen LogP contribution is 2.68. The van der Waals surface area contributed by atoms with Crippen LogP contribution in [0.5, 0.6) is 11.5 Å². The first-order valence-corrected chi connectivity index (χ1v) is 9.80. The maximum atomic E-state index is 10.8. The molecule has 138 valence electrons. The van der Waals surface area contributed by atoms with E-state index in [4.69, 9.17) is 10.5 Å². The molecule has 0 unspecified atom stereocenters. The van der Waals surface area contributed by atoms with Gasteiger partial charge in [0.2, 0.25) is 0 Å². The van der Waals surface area contributed by atoms with Gasteiger partial charge in [0.1, 0.15) is 11.5 Å². The van der Waals surface area contributed by atoms with E-state index in [2.05, 4.69) is 33.8 Å². The van der Waals surface area contributed by atoms with Gasteiger partial charge in [-0.25, -0.2) is 0 Å². The molecule has 2 saturated carbocycles. The van der Waals surface area contributed by atoms with Crippen LogP contribution in [0.25, 0.3) is 0 Å². The Balaban J connectivity index is 1.81. The summed E-state index contributed by atoms with van der Waals surface area (Å²) in [6, 6.07) is 4.24. The van der Waals surface area contributed by atoms with Crippen molar-refractivity contribution >= 4 is 0 Å². The van der Waals surface area contributed by atoms with Crippen LogP contribution < -0.4 is 10.5 Å². The average molecular weight is 344 g/mol. The third-order valence-electron chi connectivity index (χ3n) is 8.56. The quantitative estimate of drug-likeness (QED) is 0.795. The zero-order chi connectivity index (χ0) is 18.2. The second-order valence-electron chi connectivity index (χ2n) is 9.92. The second-order valence-corrected chi connectivity index (χ2v) is 9.92. The lowest BCUT2D eigenvalue weighted by atomic mass is 9.43. The summed E-state index contributed by atoms with van der Waals surface area (Å²) < 4.78 is 5.41. The number of fused-ring (bicyclic) bond motifs is 5. The van der Waals surface area contributed by atoms with E-state index in [1.807, 2.05) is 0 Å². The second kappa shape index (κ2) is 5.16. The van der Waals surface area contributed by atoms with Crippen molar-refractivity contribution in [2.45, 2.75) is 71.3 Å². The molecule has 0 amide bonds. The van der Waals surface area contributed by atoms with Gasteiger partial charge in [0.05, 0.1) is 7.11 Å². The lowest BCUT2D eigenvalue weighted by Crippen LogP contribution is -2.60. The van der Waals surface area contributed by atoms with Crippen molar-refractivity contribution in [2.24, 2.45) is 28.4 Å². The maximum Gasteiger partial charge on any atom is 0.123 e. The number of phenols is 1. The minimum absolute atomic E-state index is 0.0639. The first kappa shape index (κ1) is 17.2. The highest BCUT2D eigenvalue weighted by atomic mass is 16.5. The van der Waals surface area contributed by atoms with Crippen LogP contribution in [0.3, 0.4) is 0 Å². The molecular weight excluding hydrogens is 310 g/mol. The van der Waals surface area contributed by atoms with Crippen LogP contribution in [0.2, 0.25) is 0 Å². The van der Waals surface area contributed by atoms with E-state index in [9.17, 15) is 5.11 Å². The Morgan fingerprint density at radius 2 is 1.80 bits per heavy atom. The van der Waals surface area contributed by atoms with Crippen molar-refractivity contribution < 1.29 is 9.84 Å². The molecule has 3 aliphatic rings. The van der Waals surface area contributed by atoms with Crippen LogP contribution in [0, 0.1) is 22.7 Å². The molecule has 1 aromatic carbocycles. The summed E-state index contributed by atoms with van der Waals surface area (Å²) in [7, 11) is 1.67. The fourth-order valence-electron chi connectivity index (χ4n) is 7.16. The van der Waals surface area contributed by atoms with Gasteiger partial charge in [-0.2, -0.15) is 0 Å². The Bertz CT molecular complexity index is 712. The molecule has 5 atom stereocenters. The Morgan fingerprint density at radius 1 is 1.08 bits per heavy atom. The molecule has 0 heterocycles. The van der Waals surface area contributed by atoms with Crippen LogP contribution in [-0.2, 0) is 11.8 Å². The summed E-state index contributed by atoms with van der Waals surface area (Å²) in [6.07, 6.45) is 5.71. The van der Waals surface area contributed by atoms with E-state index in [0.717, 1.165) is 25.0 Å². The van der Waals surface area contributed by atoms with Crippen LogP contribution >= 0.6 is 0 Å². The zero-order valence-corrected chi connectivity index (χ0v) is 16.4. The minimum Gasteiger partial charge on any atom is -0.507 e. The Hall–Kier alpha value is -1.22. The van der Waals surface area contributed by atoms with Crippen molar-refractivity contribution in [2.75, 3.05) is 7.11 Å². The molecule has 25 heavy (non-hydrogen) atoms. The van der Waals surface area contributed by atoms with E-state index in [0.29, 0.717) is 23.6 Å². The summed E-state index contributed by atoms with van der Waals surface area (Å²) in [4.78, 5) is 0. The maximum absolute atomic E-state index is 10.8. The van der Waals surface area contributed by atoms with Crippen LogP contribution in [-0.4, -0.2) is 18.3 Å². The van der Waals surface area contributed by atoms with Gasteiger partial charge < -0.3 is 15.6 Å². The van der Waals surface area contributed by atoms with Crippen molar-refractivity contribution in [3.05, 3.63) is 23.3 Å². The van der Waals surface area contributed by atoms with E-state index in [1.54, 1.807) is 13.2 Å². The fourth-order valence-corrected chi connectivity index (χ4v) is 7.16. The molecule has 3 N–H and O–H groups in total. The van der Waals surface area contributed by atoms with E-state index in [-0.39, 0.29) is 16.2 Å². The zero-order valence-electron chi connectivity index (χ0n) is 16.4. The molecule has 0 radical (unpaired) electrons. The molecule has 3 heteroatoms. The predicted octanol–water partition coefficient (Wildman–Crippen LogP) is 4.39. The van der Waals surface area contributed by atoms with Gasteiger partial charge in [0.15, 0.2) is 0 Å². The third-order valence-corrected chi connectivity index (χ3v) is 8.56. The van der Waals surface area contributed by atoms with Gasteiger partial charge in [-0.05, 0) is 66.4 Å². The van der Waals surface area contributed by atoms with Crippen LogP contribution in [0.1, 0.15) is 64.5 Å². The number of hydrogen-bond donors (Lipinski definition) is 2. The van der Waals surface area contributed by atoms with E-state index < -0.39 is 0 Å². The highest BCUT2D eigenvalue weighted by molar-refractivity contribution is 5.54. The number of phenolic OH excluding ortho intramolecular Hbond substituents is 1. The average Bonchev–Trinajstić information content (AvgIpc) is 2.86. The van der Waals surface area contributed by atoms with E-state index >= 15 is 0 Å². The number of benzene rings is 1. The Kier molecular flexibility index (Phi) is 3.55. The molecule has 0 saturated heterocycles. The lowest BCUT2D eigenvalue weighted by Gasteiger charge is -2.62. The summed E-state index contributed by atoms with van der Waals surface area (Å²) in [5.41, 5.74) is 9.54. The highest BCUT2D eigenvalue weighted by Gasteiger charge is 2.62. The Labute approximate surface area is 152 Å². The SMILES string of the molecule is COc1cc(O)c2c(c1)C[C@H]1[C@]3(C)CC[C@@H](N)C(C)(C)[C@H]3CC[C@]21C. The third kappa shape index (κ3) is 2.08. The lowest BCUT2D eigenvalue weighted by molar-refractivity contribution is -0.107. The topological polar surface area (TPSA) is 55.5 Å². The number of rotatable bonds is 1. The van der Waals surface area contributed by atoms with Gasteiger partial charge in [-0.1, -0.05) is 27.7 Å². The molecule has 0 bridgehead atoms. The molecular formula is C22H33NO2. The molecule has 1 aromatic rings. The van der Waals surface area contributed by atoms with Gasteiger partial charge in [-0.15, -0.1) is 0 Å². The number of methoxy groups -OCH3 is 1. The summed E-state index contributed by atoms with van der Waals surface area (Å²) in [5, 5.41) is 10.8. The smallest absolute Gasteiger partial charge is 0.123 e. The van der Waals surface area contributed by atoms with Gasteiger partial charge in [0, 0.05) is 23.1 Å². The van der Waals surface area contributed by atoms with Crippen molar-refractivity contribution in [1.29, 1.82) is 0 Å². The molecule has 3 aliphatic carbocycles. The van der Waals surface area contributed by atoms with Gasteiger partial charge in [-0.3, -0.25) is 0 Å². The molecule has 0 aromatic heterocycles. The molecule has 2 fully saturated rings. The summed E-state index contributed by atoms with van der Waals surface area (Å²) in [5.74, 6) is 2.41. The largest absolute Gasteiger partial charge is 0.507 e. The summed E-state index contributed by atoms with van der Waals surface area (Å²) in [6.45, 7) is 9.65. The van der Waals surface area contributed by atoms with Crippen LogP contribution in [0.15, 0.2) is 12.1 Å². The minimum atomic E-state index is 0.0639. The van der Waals surface area contributed by atoms with Crippen molar-refractivity contribution in [3.63, 3.8) is 0 Å².